The fourth-order valence-corrected chi connectivity index (χ4v) is 1.36. The maximum atomic E-state index is 11.3. The number of ketones is 1. The topological polar surface area (TPSA) is 26.3 Å². The second-order valence-corrected chi connectivity index (χ2v) is 3.35. The van der Waals surface area contributed by atoms with Gasteiger partial charge >= 0.3 is 0 Å². The van der Waals surface area contributed by atoms with Gasteiger partial charge in [-0.25, -0.2) is 0 Å². The van der Waals surface area contributed by atoms with Crippen LogP contribution in [0.25, 0.3) is 0 Å². The molecule has 1 aromatic rings. The highest BCUT2D eigenvalue weighted by Crippen LogP contribution is 2.13. The molecule has 0 saturated carbocycles. The number of hydrogen-bond acceptors (Lipinski definition) is 2. The zero-order valence-corrected chi connectivity index (χ0v) is 8.96. The number of aryl methyl sites for hydroxylation is 1. The normalized spacial score (nSPS) is 10.2. The molecule has 0 aromatic heterocycles. The summed E-state index contributed by atoms with van der Waals surface area (Å²) in [5, 5.41) is 0. The molecule has 2 nitrogen and oxygen atoms in total. The van der Waals surface area contributed by atoms with E-state index in [-0.39, 0.29) is 5.78 Å². The molecule has 0 unspecified atom stereocenters. The van der Waals surface area contributed by atoms with Gasteiger partial charge in [0.2, 0.25) is 0 Å². The Morgan fingerprint density at radius 1 is 1.43 bits per heavy atom. The van der Waals surface area contributed by atoms with Gasteiger partial charge in [0.15, 0.2) is 5.78 Å². The molecule has 1 aromatic carbocycles. The van der Waals surface area contributed by atoms with Crippen molar-refractivity contribution in [2.45, 2.75) is 27.4 Å². The molecule has 0 atom stereocenters. The Morgan fingerprint density at radius 3 is 2.71 bits per heavy atom. The highest BCUT2D eigenvalue weighted by atomic mass is 16.5. The number of rotatable bonds is 4. The zero-order valence-electron chi connectivity index (χ0n) is 8.96. The number of hydrogen-bond donors (Lipinski definition) is 0. The molecule has 0 N–H and O–H groups in total. The van der Waals surface area contributed by atoms with Crippen molar-refractivity contribution in [1.29, 1.82) is 0 Å². The van der Waals surface area contributed by atoms with E-state index in [0.717, 1.165) is 16.7 Å². The van der Waals surface area contributed by atoms with Crippen molar-refractivity contribution in [1.82, 2.24) is 0 Å². The molecule has 0 bridgehead atoms. The fraction of sp³-hybridized carbons (Fsp3) is 0.417. The van der Waals surface area contributed by atoms with Gasteiger partial charge in [-0.05, 0) is 32.4 Å². The Kier molecular flexibility index (Phi) is 3.84. The molecule has 0 aliphatic heterocycles. The van der Waals surface area contributed by atoms with Gasteiger partial charge in [0.1, 0.15) is 0 Å². The second kappa shape index (κ2) is 4.91. The number of benzene rings is 1. The van der Waals surface area contributed by atoms with Crippen LogP contribution >= 0.6 is 0 Å². The average molecular weight is 192 g/mol. The van der Waals surface area contributed by atoms with E-state index in [1.165, 1.54) is 0 Å². The molecule has 14 heavy (non-hydrogen) atoms. The van der Waals surface area contributed by atoms with E-state index in [1.807, 2.05) is 32.0 Å². The molecule has 1 rings (SSSR count). The Bertz CT molecular complexity index is 329. The molecule has 0 amide bonds. The summed E-state index contributed by atoms with van der Waals surface area (Å²) in [6, 6.07) is 5.87. The highest BCUT2D eigenvalue weighted by Gasteiger charge is 2.06. The van der Waals surface area contributed by atoms with Crippen LogP contribution in [0.3, 0.4) is 0 Å². The molecule has 76 valence electrons. The van der Waals surface area contributed by atoms with Crippen LogP contribution in [0.1, 0.15) is 35.3 Å². The minimum absolute atomic E-state index is 0.100. The lowest BCUT2D eigenvalue weighted by atomic mass is 10.0. The van der Waals surface area contributed by atoms with Gasteiger partial charge in [-0.15, -0.1) is 0 Å². The quantitative estimate of drug-likeness (QED) is 0.686. The van der Waals surface area contributed by atoms with Crippen molar-refractivity contribution in [3.63, 3.8) is 0 Å². The maximum Gasteiger partial charge on any atom is 0.160 e. The van der Waals surface area contributed by atoms with Crippen LogP contribution in [0.15, 0.2) is 18.2 Å². The van der Waals surface area contributed by atoms with Gasteiger partial charge in [-0.2, -0.15) is 0 Å². The molecule has 0 radical (unpaired) electrons. The van der Waals surface area contributed by atoms with Crippen molar-refractivity contribution < 1.29 is 9.53 Å². The Labute approximate surface area is 84.9 Å². The number of carbonyl (C=O) groups excluding carboxylic acids is 1. The first-order chi connectivity index (χ1) is 6.65. The van der Waals surface area contributed by atoms with Crippen molar-refractivity contribution in [3.8, 4) is 0 Å². The van der Waals surface area contributed by atoms with Crippen LogP contribution in [0.2, 0.25) is 0 Å². The smallest absolute Gasteiger partial charge is 0.160 e. The Morgan fingerprint density at radius 2 is 2.14 bits per heavy atom. The largest absolute Gasteiger partial charge is 0.377 e. The second-order valence-electron chi connectivity index (χ2n) is 3.35. The third-order valence-corrected chi connectivity index (χ3v) is 2.11. The van der Waals surface area contributed by atoms with Crippen LogP contribution < -0.4 is 0 Å². The van der Waals surface area contributed by atoms with Crippen molar-refractivity contribution in [2.24, 2.45) is 0 Å². The van der Waals surface area contributed by atoms with E-state index in [2.05, 4.69) is 0 Å². The standard InChI is InChI=1S/C12H16O2/c1-4-14-8-11-6-5-9(2)7-12(11)10(3)13/h5-7H,4,8H2,1-3H3. The highest BCUT2D eigenvalue weighted by molar-refractivity contribution is 5.95. The molecule has 0 aliphatic rings. The van der Waals surface area contributed by atoms with Crippen LogP contribution in [0.4, 0.5) is 0 Å². The Hall–Kier alpha value is -1.15. The van der Waals surface area contributed by atoms with Crippen LogP contribution in [0.5, 0.6) is 0 Å². The predicted octanol–water partition coefficient (Wildman–Crippen LogP) is 2.73. The van der Waals surface area contributed by atoms with Crippen LogP contribution in [0, 0.1) is 6.92 Å². The van der Waals surface area contributed by atoms with Crippen LogP contribution in [-0.2, 0) is 11.3 Å². The van der Waals surface area contributed by atoms with Crippen molar-refractivity contribution in [2.75, 3.05) is 6.61 Å². The fourth-order valence-electron chi connectivity index (χ4n) is 1.36. The van der Waals surface area contributed by atoms with Gasteiger partial charge in [0.05, 0.1) is 6.61 Å². The average Bonchev–Trinajstić information content (AvgIpc) is 2.15. The lowest BCUT2D eigenvalue weighted by molar-refractivity contribution is 0.100. The molecule has 0 fully saturated rings. The van der Waals surface area contributed by atoms with E-state index < -0.39 is 0 Å². The maximum absolute atomic E-state index is 11.3. The van der Waals surface area contributed by atoms with E-state index in [9.17, 15) is 4.79 Å². The summed E-state index contributed by atoms with van der Waals surface area (Å²) in [7, 11) is 0. The van der Waals surface area contributed by atoms with Gasteiger partial charge in [0, 0.05) is 12.2 Å². The summed E-state index contributed by atoms with van der Waals surface area (Å²) in [4.78, 5) is 11.3. The molecular weight excluding hydrogens is 176 g/mol. The van der Waals surface area contributed by atoms with Crippen molar-refractivity contribution in [3.05, 3.63) is 34.9 Å². The summed E-state index contributed by atoms with van der Waals surface area (Å²) >= 11 is 0. The number of Topliss-reactive ketones (excluding diaryl/α,β-unsaturated/α-hetero) is 1. The first-order valence-electron chi connectivity index (χ1n) is 4.83. The van der Waals surface area contributed by atoms with Gasteiger partial charge in [-0.1, -0.05) is 17.7 Å². The lowest BCUT2D eigenvalue weighted by Gasteiger charge is -2.07. The van der Waals surface area contributed by atoms with Crippen LogP contribution in [-0.4, -0.2) is 12.4 Å². The van der Waals surface area contributed by atoms with Gasteiger partial charge in [0.25, 0.3) is 0 Å². The van der Waals surface area contributed by atoms with E-state index >= 15 is 0 Å². The minimum atomic E-state index is 0.100. The third-order valence-electron chi connectivity index (χ3n) is 2.11. The Balaban J connectivity index is 2.96. The summed E-state index contributed by atoms with van der Waals surface area (Å²) in [6.45, 7) is 6.71. The lowest BCUT2D eigenvalue weighted by Crippen LogP contribution is -2.02. The summed E-state index contributed by atoms with van der Waals surface area (Å²) < 4.78 is 5.30. The molecule has 2 heteroatoms. The number of ether oxygens (including phenoxy) is 1. The summed E-state index contributed by atoms with van der Waals surface area (Å²) in [5.74, 6) is 0.100. The van der Waals surface area contributed by atoms with Gasteiger partial charge in [-0.3, -0.25) is 4.79 Å². The minimum Gasteiger partial charge on any atom is -0.377 e. The first kappa shape index (κ1) is 10.9. The van der Waals surface area contributed by atoms with Gasteiger partial charge < -0.3 is 4.74 Å². The van der Waals surface area contributed by atoms with Crippen molar-refractivity contribution >= 4 is 5.78 Å². The SMILES string of the molecule is CCOCc1ccc(C)cc1C(C)=O. The van der Waals surface area contributed by atoms with E-state index in [0.29, 0.717) is 13.2 Å². The molecule has 0 heterocycles. The van der Waals surface area contributed by atoms with E-state index in [4.69, 9.17) is 4.74 Å². The summed E-state index contributed by atoms with van der Waals surface area (Å²) in [5.41, 5.74) is 2.86. The molecule has 0 aliphatic carbocycles. The predicted molar refractivity (Wildman–Crippen MR) is 56.5 cm³/mol. The molecule has 0 saturated heterocycles. The molecular formula is C12H16O2. The monoisotopic (exact) mass is 192 g/mol. The summed E-state index contributed by atoms with van der Waals surface area (Å²) in [6.07, 6.45) is 0. The number of carbonyl (C=O) groups is 1. The third kappa shape index (κ3) is 2.67. The zero-order chi connectivity index (χ0) is 10.6. The molecule has 0 spiro atoms. The first-order valence-corrected chi connectivity index (χ1v) is 4.83. The van der Waals surface area contributed by atoms with E-state index in [1.54, 1.807) is 6.92 Å².